The van der Waals surface area contributed by atoms with Crippen molar-refractivity contribution in [3.63, 3.8) is 0 Å². The maximum Gasteiger partial charge on any atom is 0.410 e. The molecule has 9 heteroatoms. The highest BCUT2D eigenvalue weighted by Crippen LogP contribution is 2.37. The minimum absolute atomic E-state index is 0.190. The molecule has 52 heavy (non-hydrogen) atoms. The van der Waals surface area contributed by atoms with Gasteiger partial charge in [0.25, 0.3) is 0 Å². The summed E-state index contributed by atoms with van der Waals surface area (Å²) in [5, 5.41) is 6.04. The summed E-state index contributed by atoms with van der Waals surface area (Å²) in [5.41, 5.74) is 6.99. The average Bonchev–Trinajstić information content (AvgIpc) is 3.49. The molecule has 4 heterocycles. The predicted molar refractivity (Wildman–Crippen MR) is 205 cm³/mol. The number of hydrogen-bond acceptors (Lipinski definition) is 7. The fourth-order valence-corrected chi connectivity index (χ4v) is 7.04. The van der Waals surface area contributed by atoms with Crippen LogP contribution in [0.5, 0.6) is 11.8 Å². The van der Waals surface area contributed by atoms with Crippen LogP contribution in [0.1, 0.15) is 56.7 Å². The zero-order valence-electron chi connectivity index (χ0n) is 30.8. The number of fused-ring (bicyclic) bond motifs is 1. The lowest BCUT2D eigenvalue weighted by Gasteiger charge is -2.36. The molecule has 5 aromatic rings. The van der Waals surface area contributed by atoms with E-state index in [1.165, 1.54) is 11.1 Å². The van der Waals surface area contributed by atoms with Crippen LogP contribution in [0, 0.1) is 5.92 Å². The quantitative estimate of drug-likeness (QED) is 0.145. The second-order valence-corrected chi connectivity index (χ2v) is 14.9. The standard InChI is InChI=1S/C43H49N5O4/c1-43(2,3)52-42(49)48-25-19-31(20-26-48)28-47-23-21-34(22-24-47)35-15-16-36-38(27-35)46(4)45-40(36)37-17-18-39(50-29-32-11-7-5-8-12-32)44-41(37)51-30-33-13-9-6-10-14-33/h5-18,21,27,31H,19-20,22-26,28-30H2,1-4H3. The van der Waals surface area contributed by atoms with Gasteiger partial charge >= 0.3 is 6.09 Å². The molecule has 0 unspecified atom stereocenters. The van der Waals surface area contributed by atoms with Crippen molar-refractivity contribution in [2.45, 2.75) is 58.8 Å². The second-order valence-electron chi connectivity index (χ2n) is 14.9. The van der Waals surface area contributed by atoms with Gasteiger partial charge in [-0.25, -0.2) is 4.79 Å². The molecule has 0 atom stereocenters. The van der Waals surface area contributed by atoms with E-state index in [1.54, 1.807) is 0 Å². The number of aromatic nitrogens is 3. The van der Waals surface area contributed by atoms with Crippen molar-refractivity contribution >= 4 is 22.6 Å². The van der Waals surface area contributed by atoms with E-state index >= 15 is 0 Å². The third-order valence-electron chi connectivity index (χ3n) is 9.84. The molecule has 1 amide bonds. The Morgan fingerprint density at radius 3 is 2.19 bits per heavy atom. The molecule has 0 bridgehead atoms. The largest absolute Gasteiger partial charge is 0.473 e. The van der Waals surface area contributed by atoms with Gasteiger partial charge in [0.15, 0.2) is 0 Å². The Kier molecular flexibility index (Phi) is 10.6. The molecule has 2 aliphatic heterocycles. The Bertz CT molecular complexity index is 2010. The van der Waals surface area contributed by atoms with E-state index in [0.29, 0.717) is 30.9 Å². The molecule has 0 aliphatic carbocycles. The van der Waals surface area contributed by atoms with Crippen LogP contribution in [0.3, 0.4) is 0 Å². The lowest BCUT2D eigenvalue weighted by molar-refractivity contribution is 0.0171. The van der Waals surface area contributed by atoms with E-state index in [1.807, 2.05) is 110 Å². The summed E-state index contributed by atoms with van der Waals surface area (Å²) in [6, 6.07) is 30.7. The molecular weight excluding hydrogens is 651 g/mol. The van der Waals surface area contributed by atoms with Crippen molar-refractivity contribution in [3.8, 4) is 23.0 Å². The number of ether oxygens (including phenoxy) is 3. The highest BCUT2D eigenvalue weighted by molar-refractivity contribution is 5.96. The number of hydrogen-bond donors (Lipinski definition) is 0. The molecule has 0 radical (unpaired) electrons. The molecule has 270 valence electrons. The third-order valence-corrected chi connectivity index (χ3v) is 9.84. The van der Waals surface area contributed by atoms with Gasteiger partial charge in [0.05, 0.1) is 11.1 Å². The Hall–Kier alpha value is -5.15. The molecule has 1 saturated heterocycles. The summed E-state index contributed by atoms with van der Waals surface area (Å²) >= 11 is 0. The van der Waals surface area contributed by atoms with Crippen LogP contribution in [0.15, 0.2) is 97.1 Å². The van der Waals surface area contributed by atoms with Crippen molar-refractivity contribution < 1.29 is 19.0 Å². The van der Waals surface area contributed by atoms with Crippen molar-refractivity contribution in [1.29, 1.82) is 0 Å². The van der Waals surface area contributed by atoms with E-state index < -0.39 is 5.60 Å². The highest BCUT2D eigenvalue weighted by atomic mass is 16.6. The number of amides is 1. The van der Waals surface area contributed by atoms with Gasteiger partial charge in [-0.05, 0) is 86.4 Å². The van der Waals surface area contributed by atoms with Crippen LogP contribution in [0.2, 0.25) is 0 Å². The zero-order chi connectivity index (χ0) is 36.1. The third kappa shape index (κ3) is 8.65. The molecule has 0 saturated carbocycles. The summed E-state index contributed by atoms with van der Waals surface area (Å²) in [6.07, 6.45) is 5.22. The second kappa shape index (κ2) is 15.6. The van der Waals surface area contributed by atoms with Gasteiger partial charge in [-0.2, -0.15) is 10.1 Å². The van der Waals surface area contributed by atoms with Gasteiger partial charge in [-0.1, -0.05) is 72.8 Å². The van der Waals surface area contributed by atoms with Crippen molar-refractivity contribution in [1.82, 2.24) is 24.6 Å². The lowest BCUT2D eigenvalue weighted by atomic mass is 9.94. The number of aryl methyl sites for hydroxylation is 1. The van der Waals surface area contributed by atoms with E-state index in [4.69, 9.17) is 24.3 Å². The average molecular weight is 700 g/mol. The first-order chi connectivity index (χ1) is 25.2. The van der Waals surface area contributed by atoms with Crippen molar-refractivity contribution in [2.75, 3.05) is 32.7 Å². The number of carbonyl (C=O) groups is 1. The lowest BCUT2D eigenvalue weighted by Crippen LogP contribution is -2.44. The summed E-state index contributed by atoms with van der Waals surface area (Å²) < 4.78 is 20.0. The maximum absolute atomic E-state index is 12.5. The topological polar surface area (TPSA) is 82.0 Å². The number of rotatable bonds is 10. The van der Waals surface area contributed by atoms with Crippen LogP contribution in [0.4, 0.5) is 4.79 Å². The Morgan fingerprint density at radius 1 is 0.846 bits per heavy atom. The first-order valence-electron chi connectivity index (χ1n) is 18.4. The van der Waals surface area contributed by atoms with Gasteiger partial charge in [0.2, 0.25) is 11.8 Å². The van der Waals surface area contributed by atoms with Gasteiger partial charge in [-0.3, -0.25) is 9.58 Å². The van der Waals surface area contributed by atoms with Gasteiger partial charge in [-0.15, -0.1) is 0 Å². The first-order valence-corrected chi connectivity index (χ1v) is 18.4. The Morgan fingerprint density at radius 2 is 1.54 bits per heavy atom. The fourth-order valence-electron chi connectivity index (χ4n) is 7.04. The molecular formula is C43H49N5O4. The molecule has 7 rings (SSSR count). The minimum atomic E-state index is -0.459. The molecule has 0 spiro atoms. The number of likely N-dealkylation sites (tertiary alicyclic amines) is 1. The van der Waals surface area contributed by atoms with Crippen molar-refractivity contribution in [3.05, 3.63) is 114 Å². The SMILES string of the molecule is Cn1nc(-c2ccc(OCc3ccccc3)nc2OCc2ccccc2)c2ccc(C3=CCN(CC4CCN(C(=O)OC(C)(C)C)CC4)CC3)cc21. The van der Waals surface area contributed by atoms with Crippen LogP contribution in [0.25, 0.3) is 27.7 Å². The Balaban J connectivity index is 1.04. The molecule has 9 nitrogen and oxygen atoms in total. The highest BCUT2D eigenvalue weighted by Gasteiger charge is 2.28. The smallest absolute Gasteiger partial charge is 0.410 e. The normalized spacial score (nSPS) is 15.8. The van der Waals surface area contributed by atoms with Crippen LogP contribution >= 0.6 is 0 Å². The minimum Gasteiger partial charge on any atom is -0.473 e. The summed E-state index contributed by atoms with van der Waals surface area (Å²) in [7, 11) is 2.00. The van der Waals surface area contributed by atoms with Crippen LogP contribution in [-0.2, 0) is 25.0 Å². The molecule has 2 aromatic heterocycles. The molecule has 3 aromatic carbocycles. The van der Waals surface area contributed by atoms with Crippen molar-refractivity contribution in [2.24, 2.45) is 13.0 Å². The van der Waals surface area contributed by atoms with Gasteiger partial charge in [0.1, 0.15) is 24.5 Å². The molecule has 1 fully saturated rings. The molecule has 2 aliphatic rings. The zero-order valence-corrected chi connectivity index (χ0v) is 30.8. The maximum atomic E-state index is 12.5. The van der Waals surface area contributed by atoms with Crippen LogP contribution in [-0.4, -0.2) is 69.0 Å². The predicted octanol–water partition coefficient (Wildman–Crippen LogP) is 8.53. The molecule has 0 N–H and O–H groups in total. The van der Waals surface area contributed by atoms with E-state index in [0.717, 1.165) is 85.3 Å². The van der Waals surface area contributed by atoms with Gasteiger partial charge in [0, 0.05) is 51.2 Å². The first kappa shape index (κ1) is 35.3. The fraction of sp³-hybridized carbons (Fsp3) is 0.372. The van der Waals surface area contributed by atoms with Crippen LogP contribution < -0.4 is 9.47 Å². The van der Waals surface area contributed by atoms with E-state index in [9.17, 15) is 4.79 Å². The number of pyridine rings is 1. The number of nitrogens with zero attached hydrogens (tertiary/aromatic N) is 5. The summed E-state index contributed by atoms with van der Waals surface area (Å²) in [6.45, 7) is 11.1. The summed E-state index contributed by atoms with van der Waals surface area (Å²) in [5.74, 6) is 1.59. The summed E-state index contributed by atoms with van der Waals surface area (Å²) in [4.78, 5) is 21.7. The van der Waals surface area contributed by atoms with E-state index in [2.05, 4.69) is 29.2 Å². The Labute approximate surface area is 306 Å². The van der Waals surface area contributed by atoms with Gasteiger partial charge < -0.3 is 19.1 Å². The van der Waals surface area contributed by atoms with E-state index in [-0.39, 0.29) is 6.09 Å². The number of piperidine rings is 1. The monoisotopic (exact) mass is 699 g/mol. The number of benzene rings is 3. The number of carbonyl (C=O) groups excluding carboxylic acids is 1.